The van der Waals surface area contributed by atoms with Gasteiger partial charge in [-0.1, -0.05) is 13.3 Å². The van der Waals surface area contributed by atoms with Gasteiger partial charge in [-0.2, -0.15) is 0 Å². The topological polar surface area (TPSA) is 55.6 Å². The van der Waals surface area contributed by atoms with E-state index in [1.54, 1.807) is 0 Å². The van der Waals surface area contributed by atoms with Gasteiger partial charge in [0.15, 0.2) is 0 Å². The molecular weight excluding hydrogens is 216 g/mol. The molecule has 0 aromatic rings. The zero-order valence-electron chi connectivity index (χ0n) is 10.7. The number of piperidine rings is 1. The first-order valence-corrected chi connectivity index (χ1v) is 6.88. The number of ether oxygens (including phenoxy) is 1. The van der Waals surface area contributed by atoms with E-state index in [0.717, 1.165) is 45.2 Å². The molecule has 1 saturated carbocycles. The summed E-state index contributed by atoms with van der Waals surface area (Å²) in [5, 5.41) is 0. The van der Waals surface area contributed by atoms with Gasteiger partial charge in [0.1, 0.15) is 6.10 Å². The van der Waals surface area contributed by atoms with E-state index in [4.69, 9.17) is 10.5 Å². The Balaban J connectivity index is 1.83. The van der Waals surface area contributed by atoms with Gasteiger partial charge >= 0.3 is 6.09 Å². The molecule has 0 bridgehead atoms. The Hall–Kier alpha value is -0.770. The molecule has 1 aliphatic heterocycles. The van der Waals surface area contributed by atoms with Gasteiger partial charge in [0.25, 0.3) is 0 Å². The summed E-state index contributed by atoms with van der Waals surface area (Å²) in [6.45, 7) is 3.86. The van der Waals surface area contributed by atoms with Crippen LogP contribution in [0.25, 0.3) is 0 Å². The van der Waals surface area contributed by atoms with Crippen LogP contribution in [0, 0.1) is 5.92 Å². The van der Waals surface area contributed by atoms with E-state index >= 15 is 0 Å². The Kier molecular flexibility index (Phi) is 4.26. The molecule has 1 heterocycles. The molecule has 3 atom stereocenters. The van der Waals surface area contributed by atoms with E-state index in [-0.39, 0.29) is 18.2 Å². The zero-order chi connectivity index (χ0) is 12.3. The van der Waals surface area contributed by atoms with Crippen molar-refractivity contribution in [1.29, 1.82) is 0 Å². The van der Waals surface area contributed by atoms with E-state index in [1.165, 1.54) is 6.42 Å². The zero-order valence-corrected chi connectivity index (χ0v) is 10.7. The SMILES string of the molecule is CC1CCCN(C(=O)OC2CCCCC2N)C1. The molecule has 0 radical (unpaired) electrons. The third kappa shape index (κ3) is 3.35. The predicted octanol–water partition coefficient (Wildman–Crippen LogP) is 2.12. The first kappa shape index (κ1) is 12.7. The number of carbonyl (C=O) groups excluding carboxylic acids is 1. The number of likely N-dealkylation sites (tertiary alicyclic amines) is 1. The standard InChI is InChI=1S/C13H24N2O2/c1-10-5-4-8-15(9-10)13(16)17-12-7-3-2-6-11(12)14/h10-12H,2-9,14H2,1H3. The van der Waals surface area contributed by atoms with Gasteiger partial charge in [-0.05, 0) is 38.0 Å². The van der Waals surface area contributed by atoms with Gasteiger partial charge < -0.3 is 15.4 Å². The number of amides is 1. The molecule has 4 heteroatoms. The molecule has 1 amide bonds. The molecule has 0 aromatic heterocycles. The van der Waals surface area contributed by atoms with E-state index in [1.807, 2.05) is 4.90 Å². The Labute approximate surface area is 103 Å². The van der Waals surface area contributed by atoms with Crippen molar-refractivity contribution in [3.05, 3.63) is 0 Å². The third-order valence-electron chi connectivity index (χ3n) is 3.92. The maximum absolute atomic E-state index is 12.0. The molecule has 0 aromatic carbocycles. The first-order valence-electron chi connectivity index (χ1n) is 6.88. The van der Waals surface area contributed by atoms with Crippen molar-refractivity contribution in [3.8, 4) is 0 Å². The van der Waals surface area contributed by atoms with Gasteiger partial charge in [-0.25, -0.2) is 4.79 Å². The normalized spacial score (nSPS) is 34.5. The number of hydrogen-bond acceptors (Lipinski definition) is 3. The molecule has 3 unspecified atom stereocenters. The van der Waals surface area contributed by atoms with Crippen LogP contribution >= 0.6 is 0 Å². The summed E-state index contributed by atoms with van der Waals surface area (Å²) in [7, 11) is 0. The second kappa shape index (κ2) is 5.71. The minimum Gasteiger partial charge on any atom is -0.444 e. The lowest BCUT2D eigenvalue weighted by Crippen LogP contribution is -2.46. The van der Waals surface area contributed by atoms with Crippen molar-refractivity contribution in [2.24, 2.45) is 11.7 Å². The molecule has 2 fully saturated rings. The fourth-order valence-electron chi connectivity index (χ4n) is 2.83. The maximum atomic E-state index is 12.0. The van der Waals surface area contributed by atoms with Crippen LogP contribution in [-0.2, 0) is 4.74 Å². The number of carbonyl (C=O) groups is 1. The lowest BCUT2D eigenvalue weighted by molar-refractivity contribution is 0.0281. The Morgan fingerprint density at radius 2 is 2.00 bits per heavy atom. The average Bonchev–Trinajstić information content (AvgIpc) is 2.32. The van der Waals surface area contributed by atoms with Crippen LogP contribution in [0.15, 0.2) is 0 Å². The molecule has 2 N–H and O–H groups in total. The highest BCUT2D eigenvalue weighted by atomic mass is 16.6. The summed E-state index contributed by atoms with van der Waals surface area (Å²) in [5.41, 5.74) is 5.99. The van der Waals surface area contributed by atoms with Crippen molar-refractivity contribution in [2.45, 2.75) is 57.6 Å². The minimum absolute atomic E-state index is 0.0370. The van der Waals surface area contributed by atoms with E-state index in [0.29, 0.717) is 5.92 Å². The van der Waals surface area contributed by atoms with Crippen molar-refractivity contribution in [2.75, 3.05) is 13.1 Å². The minimum atomic E-state index is -0.154. The highest BCUT2D eigenvalue weighted by molar-refractivity contribution is 5.68. The lowest BCUT2D eigenvalue weighted by Gasteiger charge is -2.34. The summed E-state index contributed by atoms with van der Waals surface area (Å²) in [6.07, 6.45) is 6.29. The molecule has 98 valence electrons. The smallest absolute Gasteiger partial charge is 0.410 e. The molecule has 1 aliphatic carbocycles. The fourth-order valence-corrected chi connectivity index (χ4v) is 2.83. The summed E-state index contributed by atoms with van der Waals surface area (Å²) < 4.78 is 5.55. The molecule has 1 saturated heterocycles. The van der Waals surface area contributed by atoms with Crippen LogP contribution in [0.1, 0.15) is 45.4 Å². The van der Waals surface area contributed by atoms with Gasteiger partial charge in [-0.3, -0.25) is 0 Å². The Morgan fingerprint density at radius 1 is 1.24 bits per heavy atom. The Morgan fingerprint density at radius 3 is 2.71 bits per heavy atom. The Bertz CT molecular complexity index is 270. The number of nitrogens with zero attached hydrogens (tertiary/aromatic N) is 1. The predicted molar refractivity (Wildman–Crippen MR) is 66.7 cm³/mol. The fraction of sp³-hybridized carbons (Fsp3) is 0.923. The van der Waals surface area contributed by atoms with Crippen LogP contribution in [0.3, 0.4) is 0 Å². The molecular formula is C13H24N2O2. The molecule has 2 aliphatic rings. The number of nitrogens with two attached hydrogens (primary N) is 1. The van der Waals surface area contributed by atoms with Crippen molar-refractivity contribution in [3.63, 3.8) is 0 Å². The van der Waals surface area contributed by atoms with Crippen LogP contribution < -0.4 is 5.73 Å². The van der Waals surface area contributed by atoms with Crippen molar-refractivity contribution in [1.82, 2.24) is 4.90 Å². The van der Waals surface area contributed by atoms with Crippen LogP contribution in [-0.4, -0.2) is 36.2 Å². The van der Waals surface area contributed by atoms with Gasteiger partial charge in [-0.15, -0.1) is 0 Å². The van der Waals surface area contributed by atoms with E-state index in [2.05, 4.69) is 6.92 Å². The highest BCUT2D eigenvalue weighted by Gasteiger charge is 2.29. The van der Waals surface area contributed by atoms with Gasteiger partial charge in [0, 0.05) is 19.1 Å². The maximum Gasteiger partial charge on any atom is 0.410 e. The van der Waals surface area contributed by atoms with Crippen LogP contribution in [0.5, 0.6) is 0 Å². The molecule has 2 rings (SSSR count). The first-order chi connectivity index (χ1) is 8.16. The number of rotatable bonds is 1. The molecule has 17 heavy (non-hydrogen) atoms. The van der Waals surface area contributed by atoms with Gasteiger partial charge in [0.2, 0.25) is 0 Å². The quantitative estimate of drug-likeness (QED) is 0.764. The van der Waals surface area contributed by atoms with Crippen LogP contribution in [0.2, 0.25) is 0 Å². The lowest BCUT2D eigenvalue weighted by atomic mass is 9.93. The largest absolute Gasteiger partial charge is 0.444 e. The summed E-state index contributed by atoms with van der Waals surface area (Å²) in [6, 6.07) is 0.0370. The summed E-state index contributed by atoms with van der Waals surface area (Å²) in [5.74, 6) is 0.594. The molecule has 4 nitrogen and oxygen atoms in total. The van der Waals surface area contributed by atoms with Crippen molar-refractivity contribution >= 4 is 6.09 Å². The summed E-state index contributed by atoms with van der Waals surface area (Å²) in [4.78, 5) is 13.8. The third-order valence-corrected chi connectivity index (χ3v) is 3.92. The number of hydrogen-bond donors (Lipinski definition) is 1. The van der Waals surface area contributed by atoms with E-state index in [9.17, 15) is 4.79 Å². The second-order valence-corrected chi connectivity index (χ2v) is 5.56. The summed E-state index contributed by atoms with van der Waals surface area (Å²) >= 11 is 0. The van der Waals surface area contributed by atoms with Gasteiger partial charge in [0.05, 0.1) is 0 Å². The van der Waals surface area contributed by atoms with Crippen molar-refractivity contribution < 1.29 is 9.53 Å². The highest BCUT2D eigenvalue weighted by Crippen LogP contribution is 2.22. The average molecular weight is 240 g/mol. The van der Waals surface area contributed by atoms with Crippen LogP contribution in [0.4, 0.5) is 4.79 Å². The monoisotopic (exact) mass is 240 g/mol. The molecule has 0 spiro atoms. The second-order valence-electron chi connectivity index (χ2n) is 5.56. The van der Waals surface area contributed by atoms with E-state index < -0.39 is 0 Å².